The standard InChI is InChI=1S/C19H21N5O2/c1-12(2)17-15-8-14(10-22-18(15)26-23-17)19(25)24-7-6-21-11-16(24)13-4-3-5-20-9-13/h3-5,8-10,12,16,21H,6-7,11H2,1-2H3. The van der Waals surface area contributed by atoms with Crippen LogP contribution in [-0.4, -0.2) is 45.6 Å². The molecular weight excluding hydrogens is 330 g/mol. The molecule has 0 saturated carbocycles. The zero-order valence-electron chi connectivity index (χ0n) is 14.8. The Bertz CT molecular complexity index is 922. The molecule has 4 rings (SSSR count). The van der Waals surface area contributed by atoms with Crippen molar-refractivity contribution in [1.29, 1.82) is 0 Å². The van der Waals surface area contributed by atoms with Crippen molar-refractivity contribution >= 4 is 17.0 Å². The lowest BCUT2D eigenvalue weighted by Gasteiger charge is -2.36. The number of nitrogens with one attached hydrogen (secondary N) is 1. The van der Waals surface area contributed by atoms with E-state index in [4.69, 9.17) is 4.52 Å². The number of fused-ring (bicyclic) bond motifs is 1. The van der Waals surface area contributed by atoms with Crippen molar-refractivity contribution in [3.05, 3.63) is 53.6 Å². The Morgan fingerprint density at radius 3 is 3.04 bits per heavy atom. The summed E-state index contributed by atoms with van der Waals surface area (Å²) in [5.74, 6) is 0.163. The molecule has 134 valence electrons. The van der Waals surface area contributed by atoms with Crippen molar-refractivity contribution < 1.29 is 9.32 Å². The molecule has 1 N–H and O–H groups in total. The van der Waals surface area contributed by atoms with Crippen LogP contribution in [0, 0.1) is 0 Å². The Hall–Kier alpha value is -2.80. The van der Waals surface area contributed by atoms with E-state index < -0.39 is 0 Å². The van der Waals surface area contributed by atoms with Crippen LogP contribution >= 0.6 is 0 Å². The van der Waals surface area contributed by atoms with Gasteiger partial charge in [-0.3, -0.25) is 9.78 Å². The Labute approximate surface area is 151 Å². The van der Waals surface area contributed by atoms with Crippen molar-refractivity contribution in [2.75, 3.05) is 19.6 Å². The molecule has 1 atom stereocenters. The smallest absolute Gasteiger partial charge is 0.257 e. The van der Waals surface area contributed by atoms with Gasteiger partial charge in [-0.05, 0) is 23.6 Å². The fourth-order valence-corrected chi connectivity index (χ4v) is 3.37. The summed E-state index contributed by atoms with van der Waals surface area (Å²) in [4.78, 5) is 23.6. The maximum atomic E-state index is 13.2. The van der Waals surface area contributed by atoms with Crippen molar-refractivity contribution in [2.24, 2.45) is 0 Å². The number of amides is 1. The van der Waals surface area contributed by atoms with Crippen LogP contribution < -0.4 is 5.32 Å². The van der Waals surface area contributed by atoms with Gasteiger partial charge in [-0.15, -0.1) is 0 Å². The summed E-state index contributed by atoms with van der Waals surface area (Å²) in [6, 6.07) is 5.70. The van der Waals surface area contributed by atoms with Crippen LogP contribution in [0.3, 0.4) is 0 Å². The lowest BCUT2D eigenvalue weighted by molar-refractivity contribution is 0.0633. The molecule has 7 heteroatoms. The molecule has 0 bridgehead atoms. The summed E-state index contributed by atoms with van der Waals surface area (Å²) in [7, 11) is 0. The Morgan fingerprint density at radius 2 is 2.27 bits per heavy atom. The Kier molecular flexibility index (Phi) is 4.38. The van der Waals surface area contributed by atoms with Gasteiger partial charge in [-0.25, -0.2) is 4.98 Å². The summed E-state index contributed by atoms with van der Waals surface area (Å²) < 4.78 is 5.28. The lowest BCUT2D eigenvalue weighted by atomic mass is 10.0. The zero-order valence-corrected chi connectivity index (χ0v) is 14.8. The van der Waals surface area contributed by atoms with Crippen LogP contribution in [0.15, 0.2) is 41.3 Å². The lowest BCUT2D eigenvalue weighted by Crippen LogP contribution is -2.48. The normalized spacial score (nSPS) is 17.8. The first-order chi connectivity index (χ1) is 12.6. The van der Waals surface area contributed by atoms with E-state index in [1.54, 1.807) is 12.4 Å². The molecular formula is C19H21N5O2. The molecule has 1 fully saturated rings. The molecule has 1 aliphatic heterocycles. The van der Waals surface area contributed by atoms with Crippen molar-refractivity contribution in [3.63, 3.8) is 0 Å². The van der Waals surface area contributed by atoms with Gasteiger partial charge in [0.15, 0.2) is 0 Å². The van der Waals surface area contributed by atoms with Crippen molar-refractivity contribution in [1.82, 2.24) is 25.3 Å². The average molecular weight is 351 g/mol. The topological polar surface area (TPSA) is 84.2 Å². The molecule has 26 heavy (non-hydrogen) atoms. The van der Waals surface area contributed by atoms with E-state index in [2.05, 4.69) is 20.4 Å². The van der Waals surface area contributed by atoms with Crippen LogP contribution in [0.1, 0.15) is 47.4 Å². The summed E-state index contributed by atoms with van der Waals surface area (Å²) in [6.07, 6.45) is 5.13. The molecule has 0 aromatic carbocycles. The molecule has 1 aliphatic rings. The maximum absolute atomic E-state index is 13.2. The maximum Gasteiger partial charge on any atom is 0.257 e. The number of carbonyl (C=O) groups excluding carboxylic acids is 1. The molecule has 1 unspecified atom stereocenters. The summed E-state index contributed by atoms with van der Waals surface area (Å²) in [6.45, 7) is 6.19. The monoisotopic (exact) mass is 351 g/mol. The number of carbonyl (C=O) groups is 1. The predicted molar refractivity (Wildman–Crippen MR) is 96.8 cm³/mol. The van der Waals surface area contributed by atoms with E-state index in [1.807, 2.05) is 43.1 Å². The fraction of sp³-hybridized carbons (Fsp3) is 0.368. The first kappa shape index (κ1) is 16.7. The van der Waals surface area contributed by atoms with Crippen LogP contribution in [-0.2, 0) is 0 Å². The number of rotatable bonds is 3. The van der Waals surface area contributed by atoms with Gasteiger partial charge in [-0.1, -0.05) is 25.1 Å². The number of hydrogen-bond donors (Lipinski definition) is 1. The molecule has 4 heterocycles. The van der Waals surface area contributed by atoms with E-state index in [0.29, 0.717) is 24.4 Å². The third kappa shape index (κ3) is 2.94. The summed E-state index contributed by atoms with van der Waals surface area (Å²) in [5, 5.41) is 8.25. The quantitative estimate of drug-likeness (QED) is 0.781. The third-order valence-electron chi connectivity index (χ3n) is 4.72. The molecule has 0 aliphatic carbocycles. The Morgan fingerprint density at radius 1 is 1.38 bits per heavy atom. The second kappa shape index (κ2) is 6.84. The van der Waals surface area contributed by atoms with Gasteiger partial charge in [-0.2, -0.15) is 0 Å². The van der Waals surface area contributed by atoms with Gasteiger partial charge < -0.3 is 14.7 Å². The van der Waals surface area contributed by atoms with E-state index >= 15 is 0 Å². The molecule has 1 saturated heterocycles. The van der Waals surface area contributed by atoms with Crippen LogP contribution in [0.4, 0.5) is 0 Å². The number of nitrogens with zero attached hydrogens (tertiary/aromatic N) is 4. The number of pyridine rings is 2. The van der Waals surface area contributed by atoms with Crippen LogP contribution in [0.5, 0.6) is 0 Å². The second-order valence-corrected chi connectivity index (χ2v) is 6.80. The van der Waals surface area contributed by atoms with Gasteiger partial charge in [0.05, 0.1) is 22.7 Å². The minimum absolute atomic E-state index is 0.0364. The number of aromatic nitrogens is 3. The molecule has 7 nitrogen and oxygen atoms in total. The largest absolute Gasteiger partial charge is 0.336 e. The van der Waals surface area contributed by atoms with Crippen molar-refractivity contribution in [3.8, 4) is 0 Å². The zero-order chi connectivity index (χ0) is 18.1. The highest BCUT2D eigenvalue weighted by Gasteiger charge is 2.29. The van der Waals surface area contributed by atoms with Crippen molar-refractivity contribution in [2.45, 2.75) is 25.8 Å². The summed E-state index contributed by atoms with van der Waals surface area (Å²) in [5.41, 5.74) is 2.87. The third-order valence-corrected chi connectivity index (χ3v) is 4.72. The van der Waals surface area contributed by atoms with E-state index in [-0.39, 0.29) is 17.9 Å². The minimum atomic E-state index is -0.0484. The highest BCUT2D eigenvalue weighted by atomic mass is 16.5. The fourth-order valence-electron chi connectivity index (χ4n) is 3.37. The van der Waals surface area contributed by atoms with Gasteiger partial charge in [0.2, 0.25) is 0 Å². The second-order valence-electron chi connectivity index (χ2n) is 6.80. The van der Waals surface area contributed by atoms with E-state index in [9.17, 15) is 4.79 Å². The molecule has 1 amide bonds. The highest BCUT2D eigenvalue weighted by Crippen LogP contribution is 2.27. The first-order valence-electron chi connectivity index (χ1n) is 8.82. The van der Waals surface area contributed by atoms with Gasteiger partial charge in [0.25, 0.3) is 11.6 Å². The molecule has 3 aromatic rings. The Balaban J connectivity index is 1.69. The van der Waals surface area contributed by atoms with Gasteiger partial charge in [0.1, 0.15) is 0 Å². The summed E-state index contributed by atoms with van der Waals surface area (Å²) >= 11 is 0. The van der Waals surface area contributed by atoms with E-state index in [1.165, 1.54) is 0 Å². The SMILES string of the molecule is CC(C)c1noc2ncc(C(=O)N3CCNCC3c3cccnc3)cc12. The molecule has 0 spiro atoms. The van der Waals surface area contributed by atoms with Crippen LogP contribution in [0.2, 0.25) is 0 Å². The number of hydrogen-bond acceptors (Lipinski definition) is 6. The number of piperazine rings is 1. The van der Waals surface area contributed by atoms with Crippen LogP contribution in [0.25, 0.3) is 11.1 Å². The van der Waals surface area contributed by atoms with Gasteiger partial charge in [0, 0.05) is 38.2 Å². The molecule has 3 aromatic heterocycles. The first-order valence-corrected chi connectivity index (χ1v) is 8.82. The minimum Gasteiger partial charge on any atom is -0.336 e. The highest BCUT2D eigenvalue weighted by molar-refractivity contribution is 5.97. The van der Waals surface area contributed by atoms with Gasteiger partial charge >= 0.3 is 0 Å². The van der Waals surface area contributed by atoms with E-state index in [0.717, 1.165) is 23.2 Å². The molecule has 0 radical (unpaired) electrons. The average Bonchev–Trinajstić information content (AvgIpc) is 3.11. The predicted octanol–water partition coefficient (Wildman–Crippen LogP) is 2.53.